The van der Waals surface area contributed by atoms with Crippen molar-refractivity contribution in [1.29, 1.82) is 5.26 Å². The van der Waals surface area contributed by atoms with Gasteiger partial charge in [-0.2, -0.15) is 5.26 Å². The number of rotatable bonds is 4. The highest BCUT2D eigenvalue weighted by molar-refractivity contribution is 4.95. The zero-order chi connectivity index (χ0) is 9.80. The van der Waals surface area contributed by atoms with Crippen LogP contribution in [0.15, 0.2) is 0 Å². The van der Waals surface area contributed by atoms with E-state index in [1.54, 1.807) is 0 Å². The zero-order valence-electron chi connectivity index (χ0n) is 8.71. The van der Waals surface area contributed by atoms with E-state index >= 15 is 0 Å². The van der Waals surface area contributed by atoms with E-state index in [0.29, 0.717) is 12.5 Å². The molecular formula is C11H19N3. The van der Waals surface area contributed by atoms with E-state index in [2.05, 4.69) is 16.3 Å². The molecule has 0 radical (unpaired) electrons. The second kappa shape index (κ2) is 4.77. The molecule has 3 nitrogen and oxygen atoms in total. The van der Waals surface area contributed by atoms with Gasteiger partial charge in [-0.15, -0.1) is 0 Å². The van der Waals surface area contributed by atoms with E-state index in [4.69, 9.17) is 5.26 Å². The Kier molecular flexibility index (Phi) is 3.39. The number of unbranched alkanes of at least 4 members (excludes halogenated alkanes) is 1. The molecule has 0 aromatic rings. The van der Waals surface area contributed by atoms with E-state index in [-0.39, 0.29) is 0 Å². The highest BCUT2D eigenvalue weighted by Crippen LogP contribution is 2.27. The summed E-state index contributed by atoms with van der Waals surface area (Å²) in [6.07, 6.45) is 5.74. The van der Waals surface area contributed by atoms with Crippen molar-refractivity contribution in [1.82, 2.24) is 10.2 Å². The number of nitrogens with one attached hydrogen (secondary N) is 1. The van der Waals surface area contributed by atoms with Crippen LogP contribution >= 0.6 is 0 Å². The van der Waals surface area contributed by atoms with Crippen LogP contribution < -0.4 is 5.32 Å². The van der Waals surface area contributed by atoms with Crippen LogP contribution in [0.3, 0.4) is 0 Å². The summed E-state index contributed by atoms with van der Waals surface area (Å²) in [5.41, 5.74) is 0. The molecule has 1 N–H and O–H groups in total. The lowest BCUT2D eigenvalue weighted by Crippen LogP contribution is -2.39. The summed E-state index contributed by atoms with van der Waals surface area (Å²) in [5, 5.41) is 12.0. The van der Waals surface area contributed by atoms with Crippen molar-refractivity contribution in [3.63, 3.8) is 0 Å². The third-order valence-corrected chi connectivity index (χ3v) is 3.48. The van der Waals surface area contributed by atoms with Gasteiger partial charge in [-0.05, 0) is 38.8 Å². The van der Waals surface area contributed by atoms with Gasteiger partial charge in [-0.1, -0.05) is 0 Å². The largest absolute Gasteiger partial charge is 0.312 e. The van der Waals surface area contributed by atoms with Crippen molar-refractivity contribution in [3.05, 3.63) is 0 Å². The molecule has 0 aromatic heterocycles. The fraction of sp³-hybridized carbons (Fsp3) is 0.909. The molecule has 2 rings (SSSR count). The van der Waals surface area contributed by atoms with Crippen LogP contribution in [-0.2, 0) is 0 Å². The minimum absolute atomic E-state index is 0.689. The maximum absolute atomic E-state index is 8.42. The second-order valence-corrected chi connectivity index (χ2v) is 4.36. The number of hydrogen-bond acceptors (Lipinski definition) is 3. The highest BCUT2D eigenvalue weighted by Gasteiger charge is 2.36. The van der Waals surface area contributed by atoms with Crippen molar-refractivity contribution < 1.29 is 0 Å². The molecule has 2 unspecified atom stereocenters. The maximum atomic E-state index is 8.42. The third kappa shape index (κ3) is 2.08. The van der Waals surface area contributed by atoms with Crippen LogP contribution in [0, 0.1) is 11.3 Å². The molecule has 0 saturated carbocycles. The van der Waals surface area contributed by atoms with Gasteiger partial charge in [0.05, 0.1) is 6.07 Å². The summed E-state index contributed by atoms with van der Waals surface area (Å²) in [6.45, 7) is 3.60. The van der Waals surface area contributed by atoms with Gasteiger partial charge >= 0.3 is 0 Å². The molecule has 0 aromatic carbocycles. The van der Waals surface area contributed by atoms with Crippen LogP contribution in [0.5, 0.6) is 0 Å². The van der Waals surface area contributed by atoms with Crippen molar-refractivity contribution in [2.45, 2.75) is 44.2 Å². The normalized spacial score (nSPS) is 31.6. The Morgan fingerprint density at radius 3 is 3.14 bits per heavy atom. The van der Waals surface area contributed by atoms with Crippen LogP contribution in [0.25, 0.3) is 0 Å². The van der Waals surface area contributed by atoms with Crippen LogP contribution in [0.4, 0.5) is 0 Å². The van der Waals surface area contributed by atoms with Crippen LogP contribution in [-0.4, -0.2) is 36.6 Å². The lowest BCUT2D eigenvalue weighted by Gasteiger charge is -2.21. The van der Waals surface area contributed by atoms with E-state index in [1.165, 1.54) is 32.4 Å². The predicted molar refractivity (Wildman–Crippen MR) is 55.8 cm³/mol. The monoisotopic (exact) mass is 193 g/mol. The van der Waals surface area contributed by atoms with Crippen molar-refractivity contribution in [2.75, 3.05) is 19.6 Å². The molecule has 2 heterocycles. The SMILES string of the molecule is N#CCCCNC1CCN2CCCC12. The topological polar surface area (TPSA) is 39.1 Å². The molecule has 2 saturated heterocycles. The lowest BCUT2D eigenvalue weighted by molar-refractivity contribution is 0.299. The standard InChI is InChI=1S/C11H19N3/c12-6-1-2-7-13-10-5-9-14-8-3-4-11(10)14/h10-11,13H,1-5,7-9H2. The Hall–Kier alpha value is -0.590. The van der Waals surface area contributed by atoms with Gasteiger partial charge in [-0.25, -0.2) is 0 Å². The first kappa shape index (κ1) is 9.95. The molecule has 2 atom stereocenters. The highest BCUT2D eigenvalue weighted by atomic mass is 15.2. The molecule has 78 valence electrons. The maximum Gasteiger partial charge on any atom is 0.0622 e. The molecule has 0 aliphatic carbocycles. The number of nitriles is 1. The van der Waals surface area contributed by atoms with Gasteiger partial charge in [0.25, 0.3) is 0 Å². The van der Waals surface area contributed by atoms with Gasteiger partial charge < -0.3 is 5.32 Å². The Morgan fingerprint density at radius 1 is 1.36 bits per heavy atom. The number of hydrogen-bond donors (Lipinski definition) is 1. The Bertz CT molecular complexity index is 221. The first-order chi connectivity index (χ1) is 6.92. The van der Waals surface area contributed by atoms with E-state index in [0.717, 1.165) is 19.0 Å². The summed E-state index contributed by atoms with van der Waals surface area (Å²) in [7, 11) is 0. The van der Waals surface area contributed by atoms with Gasteiger partial charge in [0.15, 0.2) is 0 Å². The van der Waals surface area contributed by atoms with Crippen molar-refractivity contribution in [3.8, 4) is 6.07 Å². The fourth-order valence-corrected chi connectivity index (χ4v) is 2.78. The van der Waals surface area contributed by atoms with Crippen molar-refractivity contribution >= 4 is 0 Å². The molecule has 2 aliphatic heterocycles. The molecule has 0 spiro atoms. The van der Waals surface area contributed by atoms with Crippen LogP contribution in [0.1, 0.15) is 32.1 Å². The quantitative estimate of drug-likeness (QED) is 0.680. The lowest BCUT2D eigenvalue weighted by atomic mass is 10.1. The molecule has 0 bridgehead atoms. The summed E-state index contributed by atoms with van der Waals surface area (Å²) >= 11 is 0. The minimum atomic E-state index is 0.689. The smallest absolute Gasteiger partial charge is 0.0622 e. The van der Waals surface area contributed by atoms with Gasteiger partial charge in [0.1, 0.15) is 0 Å². The molecular weight excluding hydrogens is 174 g/mol. The Morgan fingerprint density at radius 2 is 2.29 bits per heavy atom. The molecule has 3 heteroatoms. The average Bonchev–Trinajstić information content (AvgIpc) is 2.75. The summed E-state index contributed by atoms with van der Waals surface area (Å²) in [4.78, 5) is 2.61. The summed E-state index contributed by atoms with van der Waals surface area (Å²) < 4.78 is 0. The van der Waals surface area contributed by atoms with Crippen molar-refractivity contribution in [2.24, 2.45) is 0 Å². The number of fused-ring (bicyclic) bond motifs is 1. The van der Waals surface area contributed by atoms with E-state index in [1.807, 2.05) is 0 Å². The number of nitrogens with zero attached hydrogens (tertiary/aromatic N) is 2. The molecule has 2 fully saturated rings. The summed E-state index contributed by atoms with van der Waals surface area (Å²) in [6, 6.07) is 3.70. The summed E-state index contributed by atoms with van der Waals surface area (Å²) in [5.74, 6) is 0. The zero-order valence-corrected chi connectivity index (χ0v) is 8.71. The average molecular weight is 193 g/mol. The Labute approximate surface area is 86.1 Å². The van der Waals surface area contributed by atoms with E-state index < -0.39 is 0 Å². The minimum Gasteiger partial charge on any atom is -0.312 e. The second-order valence-electron chi connectivity index (χ2n) is 4.36. The fourth-order valence-electron chi connectivity index (χ4n) is 2.78. The van der Waals surface area contributed by atoms with Gasteiger partial charge in [0, 0.05) is 25.0 Å². The molecule has 0 amide bonds. The van der Waals surface area contributed by atoms with Gasteiger partial charge in [0.2, 0.25) is 0 Å². The van der Waals surface area contributed by atoms with Crippen LogP contribution in [0.2, 0.25) is 0 Å². The first-order valence-electron chi connectivity index (χ1n) is 5.76. The van der Waals surface area contributed by atoms with Gasteiger partial charge in [-0.3, -0.25) is 4.90 Å². The third-order valence-electron chi connectivity index (χ3n) is 3.48. The molecule has 2 aliphatic rings. The predicted octanol–water partition coefficient (Wildman–Crippen LogP) is 1.12. The Balaban J connectivity index is 1.69. The van der Waals surface area contributed by atoms with E-state index in [9.17, 15) is 0 Å². The first-order valence-corrected chi connectivity index (χ1v) is 5.76. The molecule has 14 heavy (non-hydrogen) atoms.